The zero-order valence-corrected chi connectivity index (χ0v) is 13.5. The second-order valence-corrected chi connectivity index (χ2v) is 6.11. The van der Waals surface area contributed by atoms with E-state index in [-0.39, 0.29) is 17.5 Å². The number of nitriles is 1. The van der Waals surface area contributed by atoms with Gasteiger partial charge in [0.1, 0.15) is 11.6 Å². The lowest BCUT2D eigenvalue weighted by Gasteiger charge is -2.11. The fourth-order valence-corrected chi connectivity index (χ4v) is 3.05. The molecule has 3 heteroatoms. The van der Waals surface area contributed by atoms with Crippen LogP contribution < -0.4 is 5.32 Å². The summed E-state index contributed by atoms with van der Waals surface area (Å²) in [6.45, 7) is 0. The first-order chi connectivity index (χ1) is 11.8. The van der Waals surface area contributed by atoms with Crippen LogP contribution in [-0.4, -0.2) is 11.9 Å². The van der Waals surface area contributed by atoms with Gasteiger partial charge in [-0.05, 0) is 35.6 Å². The van der Waals surface area contributed by atoms with Crippen molar-refractivity contribution in [3.8, 4) is 17.2 Å². The fourth-order valence-electron chi connectivity index (χ4n) is 3.05. The van der Waals surface area contributed by atoms with Crippen LogP contribution in [0, 0.1) is 11.3 Å². The van der Waals surface area contributed by atoms with Crippen LogP contribution in [0.15, 0.2) is 60.2 Å². The van der Waals surface area contributed by atoms with E-state index in [1.54, 1.807) is 6.08 Å². The number of carbonyl (C=O) groups excluding carboxylic acids is 1. The molecule has 1 N–H and O–H groups in total. The predicted molar refractivity (Wildman–Crippen MR) is 95.9 cm³/mol. The lowest BCUT2D eigenvalue weighted by molar-refractivity contribution is -0.117. The molecular weight excluding hydrogens is 296 g/mol. The molecule has 0 bridgehead atoms. The first kappa shape index (κ1) is 16.0. The van der Waals surface area contributed by atoms with Crippen LogP contribution in [0.4, 0.5) is 0 Å². The van der Waals surface area contributed by atoms with Crippen molar-refractivity contribution in [3.05, 3.63) is 65.7 Å². The molecule has 0 heterocycles. The minimum absolute atomic E-state index is 0.161. The number of rotatable bonds is 4. The minimum Gasteiger partial charge on any atom is -0.349 e. The molecule has 3 nitrogen and oxygen atoms in total. The highest BCUT2D eigenvalue weighted by Crippen LogP contribution is 2.21. The average molecular weight is 316 g/mol. The fraction of sp³-hybridized carbons (Fsp3) is 0.238. The maximum atomic E-state index is 12.2. The predicted octanol–water partition coefficient (Wildman–Crippen LogP) is 4.32. The number of nitrogens with one attached hydrogen (secondary N) is 1. The Labute approximate surface area is 142 Å². The minimum atomic E-state index is -0.267. The Hall–Kier alpha value is -2.86. The van der Waals surface area contributed by atoms with Crippen molar-refractivity contribution in [1.82, 2.24) is 5.32 Å². The monoisotopic (exact) mass is 316 g/mol. The highest BCUT2D eigenvalue weighted by Gasteiger charge is 2.19. The van der Waals surface area contributed by atoms with E-state index in [1.165, 1.54) is 0 Å². The highest BCUT2D eigenvalue weighted by molar-refractivity contribution is 6.01. The molecule has 0 aromatic heterocycles. The zero-order chi connectivity index (χ0) is 16.8. The van der Waals surface area contributed by atoms with Crippen molar-refractivity contribution in [2.45, 2.75) is 31.7 Å². The molecule has 0 aliphatic heterocycles. The maximum absolute atomic E-state index is 12.2. The normalized spacial score (nSPS) is 15.0. The van der Waals surface area contributed by atoms with E-state index < -0.39 is 0 Å². The van der Waals surface area contributed by atoms with Crippen molar-refractivity contribution in [3.63, 3.8) is 0 Å². The van der Waals surface area contributed by atoms with Crippen LogP contribution in [-0.2, 0) is 4.79 Å². The van der Waals surface area contributed by atoms with E-state index in [2.05, 4.69) is 17.4 Å². The van der Waals surface area contributed by atoms with Crippen molar-refractivity contribution in [1.29, 1.82) is 5.26 Å². The summed E-state index contributed by atoms with van der Waals surface area (Å²) in [5.41, 5.74) is 3.27. The summed E-state index contributed by atoms with van der Waals surface area (Å²) in [6, 6.07) is 20.2. The Morgan fingerprint density at radius 3 is 2.25 bits per heavy atom. The van der Waals surface area contributed by atoms with Crippen LogP contribution in [0.25, 0.3) is 17.2 Å². The number of amides is 1. The molecule has 1 aliphatic rings. The van der Waals surface area contributed by atoms with Crippen molar-refractivity contribution >= 4 is 12.0 Å². The van der Waals surface area contributed by atoms with Gasteiger partial charge in [0, 0.05) is 6.04 Å². The lowest BCUT2D eigenvalue weighted by Crippen LogP contribution is -2.33. The molecule has 1 saturated carbocycles. The molecule has 120 valence electrons. The van der Waals surface area contributed by atoms with Gasteiger partial charge in [-0.25, -0.2) is 0 Å². The Morgan fingerprint density at radius 2 is 1.62 bits per heavy atom. The van der Waals surface area contributed by atoms with Gasteiger partial charge in [-0.15, -0.1) is 0 Å². The van der Waals surface area contributed by atoms with Crippen molar-refractivity contribution in [2.75, 3.05) is 0 Å². The third kappa shape index (κ3) is 3.91. The number of benzene rings is 2. The van der Waals surface area contributed by atoms with Gasteiger partial charge in [-0.1, -0.05) is 67.4 Å². The van der Waals surface area contributed by atoms with Crippen LogP contribution in [0.5, 0.6) is 0 Å². The highest BCUT2D eigenvalue weighted by atomic mass is 16.1. The standard InChI is InChI=1S/C21H20N2O/c22-15-19(21(24)23-20-8-4-5-9-20)14-16-10-12-18(13-11-16)17-6-2-1-3-7-17/h1-3,6-7,10-14,20H,4-5,8-9H2,(H,23,24)/b19-14-. The summed E-state index contributed by atoms with van der Waals surface area (Å²) in [5, 5.41) is 12.2. The van der Waals surface area contributed by atoms with Gasteiger partial charge in [-0.2, -0.15) is 5.26 Å². The topological polar surface area (TPSA) is 52.9 Å². The van der Waals surface area contributed by atoms with Crippen molar-refractivity contribution in [2.24, 2.45) is 0 Å². The number of hydrogen-bond acceptors (Lipinski definition) is 2. The van der Waals surface area contributed by atoms with Crippen LogP contribution in [0.3, 0.4) is 0 Å². The summed E-state index contributed by atoms with van der Waals surface area (Å²) >= 11 is 0. The second-order valence-electron chi connectivity index (χ2n) is 6.11. The van der Waals surface area contributed by atoms with Crippen LogP contribution >= 0.6 is 0 Å². The molecule has 0 saturated heterocycles. The molecule has 1 aliphatic carbocycles. The molecule has 3 rings (SSSR count). The van der Waals surface area contributed by atoms with Gasteiger partial charge in [0.2, 0.25) is 0 Å². The SMILES string of the molecule is N#C/C(=C/c1ccc(-c2ccccc2)cc1)C(=O)NC1CCCC1. The molecule has 0 radical (unpaired) electrons. The lowest BCUT2D eigenvalue weighted by atomic mass is 10.0. The summed E-state index contributed by atoms with van der Waals surface area (Å²) in [7, 11) is 0. The van der Waals surface area contributed by atoms with Gasteiger partial charge in [0.05, 0.1) is 0 Å². The smallest absolute Gasteiger partial charge is 0.262 e. The van der Waals surface area contributed by atoms with Gasteiger partial charge in [0.25, 0.3) is 5.91 Å². The van der Waals surface area contributed by atoms with E-state index in [9.17, 15) is 10.1 Å². The Balaban J connectivity index is 1.73. The molecule has 0 spiro atoms. The number of nitrogens with zero attached hydrogens (tertiary/aromatic N) is 1. The van der Waals surface area contributed by atoms with E-state index in [0.29, 0.717) is 0 Å². The molecule has 2 aromatic carbocycles. The van der Waals surface area contributed by atoms with Gasteiger partial charge in [0.15, 0.2) is 0 Å². The summed E-state index contributed by atoms with van der Waals surface area (Å²) in [6.07, 6.45) is 5.97. The quantitative estimate of drug-likeness (QED) is 0.674. The van der Waals surface area contributed by atoms with Crippen LogP contribution in [0.1, 0.15) is 31.2 Å². The van der Waals surface area contributed by atoms with Gasteiger partial charge >= 0.3 is 0 Å². The summed E-state index contributed by atoms with van der Waals surface area (Å²) < 4.78 is 0. The maximum Gasteiger partial charge on any atom is 0.262 e. The van der Waals surface area contributed by atoms with Crippen molar-refractivity contribution < 1.29 is 4.79 Å². The first-order valence-electron chi connectivity index (χ1n) is 8.34. The average Bonchev–Trinajstić information content (AvgIpc) is 3.14. The van der Waals surface area contributed by atoms with Crippen LogP contribution in [0.2, 0.25) is 0 Å². The Morgan fingerprint density at radius 1 is 1.00 bits per heavy atom. The number of hydrogen-bond donors (Lipinski definition) is 1. The summed E-state index contributed by atoms with van der Waals surface area (Å²) in [5.74, 6) is -0.267. The Bertz CT molecular complexity index is 764. The van der Waals surface area contributed by atoms with Gasteiger partial charge in [-0.3, -0.25) is 4.79 Å². The first-order valence-corrected chi connectivity index (χ1v) is 8.34. The van der Waals surface area contributed by atoms with E-state index in [1.807, 2.05) is 48.5 Å². The van der Waals surface area contributed by atoms with Gasteiger partial charge < -0.3 is 5.32 Å². The zero-order valence-electron chi connectivity index (χ0n) is 13.5. The molecular formula is C21H20N2O. The molecule has 24 heavy (non-hydrogen) atoms. The molecule has 0 unspecified atom stereocenters. The third-order valence-electron chi connectivity index (χ3n) is 4.38. The second kappa shape index (κ2) is 7.61. The summed E-state index contributed by atoms with van der Waals surface area (Å²) in [4.78, 5) is 12.2. The molecule has 2 aromatic rings. The van der Waals surface area contributed by atoms with E-state index in [0.717, 1.165) is 42.4 Å². The number of carbonyl (C=O) groups is 1. The van der Waals surface area contributed by atoms with E-state index >= 15 is 0 Å². The molecule has 0 atom stereocenters. The van der Waals surface area contributed by atoms with E-state index in [4.69, 9.17) is 0 Å². The molecule has 1 fully saturated rings. The largest absolute Gasteiger partial charge is 0.349 e. The molecule has 1 amide bonds. The Kier molecular flexibility index (Phi) is 5.08. The third-order valence-corrected chi connectivity index (χ3v) is 4.38.